The predicted molar refractivity (Wildman–Crippen MR) is 230 cm³/mol. The Morgan fingerprint density at radius 2 is 1.18 bits per heavy atom. The molecule has 2 bridgehead atoms. The van der Waals surface area contributed by atoms with Crippen molar-refractivity contribution in [3.05, 3.63) is 185 Å². The molecule has 272 valence electrons. The van der Waals surface area contributed by atoms with Crippen molar-refractivity contribution in [2.75, 3.05) is 4.90 Å². The Morgan fingerprint density at radius 3 is 1.75 bits per heavy atom. The molecule has 55 heavy (non-hydrogen) atoms. The van der Waals surface area contributed by atoms with Gasteiger partial charge < -0.3 is 4.90 Å². The standard InChI is InChI=1S/C54H51N/c1-4-36-29-35(2)33-53(3,34-36)40-21-25-42(26-22-40)55(41-23-19-38(20-24-41)48-31-37-17-18-39(48)30-37)43-27-28-47-46-13-7-10-16-51(46)54(52(47)32-43)49-14-8-5-11-44(49)45-12-6-9-15-50(45)54/h5-16,19-28,32,36-37,39,48H,2,4,17-18,29-31,33-34H2,1,3H3. The Kier molecular flexibility index (Phi) is 7.51. The zero-order chi connectivity index (χ0) is 36.9. The Morgan fingerprint density at radius 1 is 0.618 bits per heavy atom. The van der Waals surface area contributed by atoms with Crippen LogP contribution >= 0.6 is 0 Å². The second-order valence-electron chi connectivity index (χ2n) is 18.0. The van der Waals surface area contributed by atoms with Crippen LogP contribution in [0, 0.1) is 17.8 Å². The van der Waals surface area contributed by atoms with E-state index in [4.69, 9.17) is 0 Å². The molecule has 0 aromatic heterocycles. The Labute approximate surface area is 327 Å². The molecule has 0 radical (unpaired) electrons. The molecule has 6 aromatic rings. The normalized spacial score (nSPS) is 25.1. The minimum Gasteiger partial charge on any atom is -0.310 e. The number of hydrogen-bond donors (Lipinski definition) is 0. The summed E-state index contributed by atoms with van der Waals surface area (Å²) < 4.78 is 0. The van der Waals surface area contributed by atoms with Crippen molar-refractivity contribution in [2.24, 2.45) is 17.8 Å². The van der Waals surface area contributed by atoms with Gasteiger partial charge in [0.05, 0.1) is 5.41 Å². The third kappa shape index (κ3) is 4.91. The van der Waals surface area contributed by atoms with E-state index in [1.807, 2.05) is 0 Å². The van der Waals surface area contributed by atoms with E-state index >= 15 is 0 Å². The van der Waals surface area contributed by atoms with Crippen LogP contribution in [-0.4, -0.2) is 0 Å². The Bertz CT molecular complexity index is 2400. The summed E-state index contributed by atoms with van der Waals surface area (Å²) in [4.78, 5) is 2.52. The monoisotopic (exact) mass is 713 g/mol. The summed E-state index contributed by atoms with van der Waals surface area (Å²) in [5.74, 6) is 3.24. The van der Waals surface area contributed by atoms with Gasteiger partial charge in [0.15, 0.2) is 0 Å². The Balaban J connectivity index is 1.07. The van der Waals surface area contributed by atoms with Crippen LogP contribution in [0.15, 0.2) is 152 Å². The molecule has 6 aromatic carbocycles. The van der Waals surface area contributed by atoms with E-state index in [-0.39, 0.29) is 10.8 Å². The summed E-state index contributed by atoms with van der Waals surface area (Å²) in [5, 5.41) is 0. The van der Waals surface area contributed by atoms with Crippen LogP contribution < -0.4 is 4.90 Å². The van der Waals surface area contributed by atoms with Crippen molar-refractivity contribution >= 4 is 17.1 Å². The van der Waals surface area contributed by atoms with Crippen LogP contribution in [0.3, 0.4) is 0 Å². The van der Waals surface area contributed by atoms with Crippen molar-refractivity contribution in [1.82, 2.24) is 0 Å². The number of rotatable bonds is 6. The van der Waals surface area contributed by atoms with Crippen LogP contribution in [0.5, 0.6) is 0 Å². The van der Waals surface area contributed by atoms with Crippen LogP contribution in [0.1, 0.15) is 105 Å². The van der Waals surface area contributed by atoms with Crippen molar-refractivity contribution in [3.8, 4) is 22.3 Å². The van der Waals surface area contributed by atoms with Crippen molar-refractivity contribution in [2.45, 2.75) is 82.0 Å². The SMILES string of the molecule is C=C1CC(CC)CC(C)(c2ccc(N(c3ccc(C4CC5CCC4C5)cc3)c3ccc4c(c3)C3(c5ccccc5-c5ccccc53)c3ccccc3-4)cc2)C1. The molecular weight excluding hydrogens is 663 g/mol. The lowest BCUT2D eigenvalue weighted by atomic mass is 9.65. The van der Waals surface area contributed by atoms with E-state index in [1.165, 1.54) is 123 Å². The molecule has 1 spiro atoms. The van der Waals surface area contributed by atoms with Crippen LogP contribution in [0.25, 0.3) is 22.3 Å². The lowest BCUT2D eigenvalue weighted by Crippen LogP contribution is -2.30. The van der Waals surface area contributed by atoms with Gasteiger partial charge in [-0.3, -0.25) is 0 Å². The minimum atomic E-state index is -0.371. The number of hydrogen-bond acceptors (Lipinski definition) is 1. The molecule has 0 heterocycles. The molecular formula is C54H51N. The zero-order valence-corrected chi connectivity index (χ0v) is 32.4. The van der Waals surface area contributed by atoms with Gasteiger partial charge in [-0.25, -0.2) is 0 Å². The molecule has 3 saturated carbocycles. The third-order valence-electron chi connectivity index (χ3n) is 14.9. The number of fused-ring (bicyclic) bond motifs is 12. The third-order valence-corrected chi connectivity index (χ3v) is 14.9. The van der Waals surface area contributed by atoms with Gasteiger partial charge >= 0.3 is 0 Å². The highest BCUT2D eigenvalue weighted by Crippen LogP contribution is 2.63. The first kappa shape index (κ1) is 33.2. The van der Waals surface area contributed by atoms with Gasteiger partial charge in [0.2, 0.25) is 0 Å². The van der Waals surface area contributed by atoms with Gasteiger partial charge in [-0.05, 0) is 160 Å². The highest BCUT2D eigenvalue weighted by molar-refractivity contribution is 5.96. The fourth-order valence-corrected chi connectivity index (χ4v) is 12.5. The van der Waals surface area contributed by atoms with Crippen LogP contribution in [0.4, 0.5) is 17.1 Å². The summed E-state index contributed by atoms with van der Waals surface area (Å²) in [6.45, 7) is 9.31. The summed E-state index contributed by atoms with van der Waals surface area (Å²) in [6, 6.07) is 54.1. The van der Waals surface area contributed by atoms with Crippen molar-refractivity contribution in [1.29, 1.82) is 0 Å². The van der Waals surface area contributed by atoms with Gasteiger partial charge in [-0.15, -0.1) is 0 Å². The van der Waals surface area contributed by atoms with E-state index in [0.717, 1.165) is 24.2 Å². The maximum atomic E-state index is 4.50. The molecule has 0 amide bonds. The quantitative estimate of drug-likeness (QED) is 0.155. The van der Waals surface area contributed by atoms with E-state index in [9.17, 15) is 0 Å². The van der Waals surface area contributed by atoms with Crippen LogP contribution in [0.2, 0.25) is 0 Å². The zero-order valence-electron chi connectivity index (χ0n) is 32.4. The van der Waals surface area contributed by atoms with Crippen molar-refractivity contribution in [3.63, 3.8) is 0 Å². The van der Waals surface area contributed by atoms with E-state index in [0.29, 0.717) is 5.92 Å². The summed E-state index contributed by atoms with van der Waals surface area (Å²) in [5.41, 5.74) is 18.7. The van der Waals surface area contributed by atoms with Gasteiger partial charge in [0.1, 0.15) is 0 Å². The first-order valence-corrected chi connectivity index (χ1v) is 21.1. The average Bonchev–Trinajstić information content (AvgIpc) is 4.00. The average molecular weight is 714 g/mol. The first-order valence-electron chi connectivity index (χ1n) is 21.1. The number of benzene rings is 6. The fraction of sp³-hybridized carbons (Fsp3) is 0.296. The molecule has 1 heteroatoms. The predicted octanol–water partition coefficient (Wildman–Crippen LogP) is 14.4. The molecule has 5 atom stereocenters. The molecule has 0 aliphatic heterocycles. The Hall–Kier alpha value is -5.14. The fourth-order valence-electron chi connectivity index (χ4n) is 12.5. The minimum absolute atomic E-state index is 0.122. The summed E-state index contributed by atoms with van der Waals surface area (Å²) in [6.07, 6.45) is 10.4. The van der Waals surface area contributed by atoms with Gasteiger partial charge in [-0.1, -0.05) is 142 Å². The largest absolute Gasteiger partial charge is 0.310 e. The maximum Gasteiger partial charge on any atom is 0.0726 e. The van der Waals surface area contributed by atoms with E-state index < -0.39 is 0 Å². The second kappa shape index (κ2) is 12.4. The number of allylic oxidation sites excluding steroid dienone is 1. The molecule has 0 N–H and O–H groups in total. The lowest BCUT2D eigenvalue weighted by molar-refractivity contribution is 0.281. The molecule has 5 unspecified atom stereocenters. The number of anilines is 3. The smallest absolute Gasteiger partial charge is 0.0726 e. The molecule has 11 rings (SSSR count). The molecule has 0 saturated heterocycles. The first-order chi connectivity index (χ1) is 26.9. The van der Waals surface area contributed by atoms with E-state index in [2.05, 4.69) is 165 Å². The summed E-state index contributed by atoms with van der Waals surface area (Å²) >= 11 is 0. The highest BCUT2D eigenvalue weighted by atomic mass is 15.1. The molecule has 5 aliphatic rings. The van der Waals surface area contributed by atoms with Crippen molar-refractivity contribution < 1.29 is 0 Å². The molecule has 3 fully saturated rings. The second-order valence-corrected chi connectivity index (χ2v) is 18.0. The lowest BCUT2D eigenvalue weighted by Gasteiger charge is -2.40. The summed E-state index contributed by atoms with van der Waals surface area (Å²) in [7, 11) is 0. The van der Waals surface area contributed by atoms with Gasteiger partial charge in [-0.2, -0.15) is 0 Å². The van der Waals surface area contributed by atoms with Gasteiger partial charge in [0.25, 0.3) is 0 Å². The van der Waals surface area contributed by atoms with E-state index in [1.54, 1.807) is 0 Å². The topological polar surface area (TPSA) is 3.24 Å². The number of nitrogens with zero attached hydrogens (tertiary/aromatic N) is 1. The molecule has 5 aliphatic carbocycles. The maximum absolute atomic E-state index is 4.50. The van der Waals surface area contributed by atoms with Crippen LogP contribution in [-0.2, 0) is 10.8 Å². The molecule has 1 nitrogen and oxygen atoms in total. The van der Waals surface area contributed by atoms with Gasteiger partial charge in [0, 0.05) is 17.1 Å². The highest BCUT2D eigenvalue weighted by Gasteiger charge is 2.51.